The van der Waals surface area contributed by atoms with E-state index >= 15 is 0 Å². The number of carbonyl (C=O) groups excluding carboxylic acids is 7. The van der Waals surface area contributed by atoms with Gasteiger partial charge in [-0.3, -0.25) is 67.2 Å². The maximum atomic E-state index is 13.8. The van der Waals surface area contributed by atoms with Crippen LogP contribution in [-0.2, 0) is 74.5 Å². The van der Waals surface area contributed by atoms with E-state index in [1.165, 1.54) is 26.0 Å². The molecule has 4 amide bonds. The quantitative estimate of drug-likeness (QED) is 0.0143. The Hall–Kier alpha value is -7.86. The summed E-state index contributed by atoms with van der Waals surface area (Å²) in [6.45, 7) is 20.0. The lowest BCUT2D eigenvalue weighted by molar-refractivity contribution is -0.158. The number of esters is 3. The van der Waals surface area contributed by atoms with Crippen molar-refractivity contribution in [3.63, 3.8) is 0 Å². The Balaban J connectivity index is 1.11. The lowest BCUT2D eigenvalue weighted by atomic mass is 10.1. The minimum atomic E-state index is -4.85. The van der Waals surface area contributed by atoms with E-state index in [-0.39, 0.29) is 119 Å². The average molecular weight is 1390 g/mol. The van der Waals surface area contributed by atoms with Gasteiger partial charge in [-0.2, -0.15) is 18.2 Å². The van der Waals surface area contributed by atoms with E-state index in [0.717, 1.165) is 11.9 Å². The van der Waals surface area contributed by atoms with Crippen molar-refractivity contribution in [2.45, 2.75) is 136 Å². The number of anilines is 1. The van der Waals surface area contributed by atoms with Crippen molar-refractivity contribution in [2.75, 3.05) is 122 Å². The molecular weight excluding hydrogens is 1290 g/mol. The van der Waals surface area contributed by atoms with E-state index < -0.39 is 115 Å². The number of aliphatic carboxylic acids is 1. The van der Waals surface area contributed by atoms with Crippen molar-refractivity contribution in [1.82, 2.24) is 65.3 Å². The highest BCUT2D eigenvalue weighted by Gasteiger charge is 2.32. The summed E-state index contributed by atoms with van der Waals surface area (Å²) in [4.78, 5) is 119. The van der Waals surface area contributed by atoms with E-state index in [1.54, 1.807) is 109 Å². The fourth-order valence-electron chi connectivity index (χ4n) is 10.1. The number of hydrogen-bond acceptors (Lipinski definition) is 23. The van der Waals surface area contributed by atoms with Gasteiger partial charge in [0, 0.05) is 115 Å². The highest BCUT2D eigenvalue weighted by Crippen LogP contribution is 2.27. The van der Waals surface area contributed by atoms with Crippen molar-refractivity contribution >= 4 is 84.5 Å². The van der Waals surface area contributed by atoms with E-state index in [9.17, 15) is 64.9 Å². The second kappa shape index (κ2) is 35.9. The normalized spacial score (nSPS) is 15.2. The second-order valence-electron chi connectivity index (χ2n) is 26.3. The predicted octanol–water partition coefficient (Wildman–Crippen LogP) is 1.05. The molecule has 1 aliphatic heterocycles. The number of benzene rings is 2. The molecule has 0 unspecified atom stereocenters. The minimum absolute atomic E-state index is 0.00747. The number of hydrogen-bond donors (Lipinski definition) is 9. The predicted molar refractivity (Wildman–Crippen MR) is 354 cm³/mol. The van der Waals surface area contributed by atoms with Crippen LogP contribution in [-0.4, -0.2) is 259 Å². The average Bonchev–Trinajstić information content (AvgIpc) is 0.920. The number of nitrogens with one attached hydrogen (secondary N) is 7. The number of nitrogens with zero attached hydrogens (tertiary/aromatic N) is 7. The van der Waals surface area contributed by atoms with Crippen LogP contribution in [0, 0.1) is 13.8 Å². The summed E-state index contributed by atoms with van der Waals surface area (Å²) in [6, 6.07) is 4.24. The fourth-order valence-corrected chi connectivity index (χ4v) is 12.4. The zero-order valence-corrected chi connectivity index (χ0v) is 58.3. The number of rotatable bonds is 32. The SMILES string of the molecule is Cc1cc(OCCCC(=O)NCCNC(=O)[C@H](CS(=O)(=O)O)NC(=O)CN2CCN(CC(=O)OC(C)(C)C)CCN(CC(=O)OC(C)(C)C)CCN(CC(=O)OC(C)(C)C)CC2)cc(C)c1S(=O)(=O)N[C@@H](CNC(=O)c1ccc2c(cnn2CCCNc2ncc[nH]2)c1)C(=O)O. The van der Waals surface area contributed by atoms with E-state index in [0.29, 0.717) is 37.5 Å². The number of fused-ring (bicyclic) bond motifs is 1. The topological polar surface area (TPSA) is 414 Å². The molecule has 5 rings (SSSR count). The summed E-state index contributed by atoms with van der Waals surface area (Å²) >= 11 is 0. The van der Waals surface area contributed by atoms with Crippen molar-refractivity contribution in [3.05, 3.63) is 65.6 Å². The molecule has 2 atom stereocenters. The lowest BCUT2D eigenvalue weighted by Gasteiger charge is -2.34. The van der Waals surface area contributed by atoms with Gasteiger partial charge in [0.25, 0.3) is 16.0 Å². The Morgan fingerprint density at radius 2 is 1.18 bits per heavy atom. The summed E-state index contributed by atoms with van der Waals surface area (Å²) in [5.41, 5.74) is -0.892. The number of sulfonamides is 1. The van der Waals surface area contributed by atoms with Crippen molar-refractivity contribution < 1.29 is 83.8 Å². The third-order valence-corrected chi connectivity index (χ3v) is 16.7. The van der Waals surface area contributed by atoms with E-state index in [2.05, 4.69) is 46.4 Å². The number of aryl methyl sites for hydroxylation is 3. The maximum absolute atomic E-state index is 13.8. The summed E-state index contributed by atoms with van der Waals surface area (Å²) < 4.78 is 88.3. The van der Waals surface area contributed by atoms with E-state index in [4.69, 9.17) is 18.9 Å². The zero-order valence-electron chi connectivity index (χ0n) is 56.7. The van der Waals surface area contributed by atoms with Gasteiger partial charge in [-0.25, -0.2) is 13.4 Å². The molecule has 0 saturated carbocycles. The molecule has 0 radical (unpaired) electrons. The minimum Gasteiger partial charge on any atom is -0.494 e. The first-order chi connectivity index (χ1) is 44.8. The highest BCUT2D eigenvalue weighted by molar-refractivity contribution is 7.89. The van der Waals surface area contributed by atoms with Crippen molar-refractivity contribution in [1.29, 1.82) is 0 Å². The molecule has 534 valence electrons. The largest absolute Gasteiger partial charge is 0.494 e. The van der Waals surface area contributed by atoms with Crippen molar-refractivity contribution in [2.24, 2.45) is 0 Å². The Bertz CT molecular complexity index is 3460. The Morgan fingerprint density at radius 1 is 0.656 bits per heavy atom. The number of carbonyl (C=O) groups is 8. The number of carboxylic acid groups (broad SMARTS) is 1. The monoisotopic (exact) mass is 1390 g/mol. The fraction of sp³-hybridized carbons (Fsp3) is 0.613. The van der Waals surface area contributed by atoms with Gasteiger partial charge in [0.05, 0.1) is 49.4 Å². The molecule has 32 nitrogen and oxygen atoms in total. The van der Waals surface area contributed by atoms with Crippen LogP contribution < -0.4 is 36.0 Å². The summed E-state index contributed by atoms with van der Waals surface area (Å²) in [5, 5.41) is 28.3. The van der Waals surface area contributed by atoms with Gasteiger partial charge in [-0.05, 0) is 130 Å². The Morgan fingerprint density at radius 3 is 1.67 bits per heavy atom. The van der Waals surface area contributed by atoms with Gasteiger partial charge in [-0.1, -0.05) is 0 Å². The van der Waals surface area contributed by atoms with E-state index in [1.807, 2.05) is 14.7 Å². The smallest absolute Gasteiger partial charge is 0.323 e. The standard InChI is InChI=1S/C62H96N14O18S2/c1-42-32-46(33-43(2)55(42)96(89,90)71-47(58(84)85)36-68-56(82)44-15-16-49-45(34-44)35-69-76(49)22-13-17-65-59-66-20-21-67-59)91-31-12-14-50(77)63-18-19-64-57(83)48(41-95(86,87)88)70-51(78)37-72-23-25-73(38-52(79)92-60(3,4)5)27-29-75(40-54(81)94-62(9,10)11)30-28-74(26-24-72)39-53(80)93-61(6,7)8/h15-16,20-21,32-35,47-48,71H,12-14,17-19,22-31,36-41H2,1-11H3,(H,63,77)(H,64,83)(H,68,82)(H,70,78)(H,84,85)(H2,65,66,67)(H,86,87,88)/t47-,48-/m0/s1. The third-order valence-electron chi connectivity index (χ3n) is 14.2. The van der Waals surface area contributed by atoms with Crippen LogP contribution in [0.5, 0.6) is 5.75 Å². The molecule has 0 bridgehead atoms. The first kappa shape index (κ1) is 78.8. The van der Waals surface area contributed by atoms with Crippen LogP contribution >= 0.6 is 0 Å². The number of imidazole rings is 1. The molecule has 96 heavy (non-hydrogen) atoms. The molecule has 1 fully saturated rings. The van der Waals surface area contributed by atoms with Gasteiger partial charge in [-0.15, -0.1) is 0 Å². The molecule has 2 aromatic carbocycles. The van der Waals surface area contributed by atoms with Crippen LogP contribution in [0.15, 0.2) is 53.8 Å². The molecule has 0 spiro atoms. The molecule has 1 saturated heterocycles. The van der Waals surface area contributed by atoms with Crippen LogP contribution in [0.25, 0.3) is 10.9 Å². The summed E-state index contributed by atoms with van der Waals surface area (Å²) in [7, 11) is -9.33. The van der Waals surface area contributed by atoms with Gasteiger partial charge < -0.3 is 55.6 Å². The lowest BCUT2D eigenvalue weighted by Crippen LogP contribution is -2.54. The highest BCUT2D eigenvalue weighted by atomic mass is 32.2. The molecule has 4 aromatic rings. The first-order valence-electron chi connectivity index (χ1n) is 31.6. The molecule has 9 N–H and O–H groups in total. The molecule has 0 aliphatic carbocycles. The molecule has 2 aromatic heterocycles. The van der Waals surface area contributed by atoms with Crippen LogP contribution in [0.2, 0.25) is 0 Å². The van der Waals surface area contributed by atoms with Crippen LogP contribution in [0.3, 0.4) is 0 Å². The number of amides is 4. The number of H-pyrrole nitrogens is 1. The van der Waals surface area contributed by atoms with Crippen LogP contribution in [0.1, 0.15) is 103 Å². The maximum Gasteiger partial charge on any atom is 0.323 e. The third kappa shape index (κ3) is 29.2. The van der Waals surface area contributed by atoms with Crippen molar-refractivity contribution in [3.8, 4) is 5.75 Å². The summed E-state index contributed by atoms with van der Waals surface area (Å²) in [5.74, 6) is -6.15. The summed E-state index contributed by atoms with van der Waals surface area (Å²) in [6.07, 6.45) is 5.83. The van der Waals surface area contributed by atoms with Gasteiger partial charge in [0.1, 0.15) is 40.4 Å². The Labute approximate surface area is 560 Å². The van der Waals surface area contributed by atoms with Gasteiger partial charge in [0.15, 0.2) is 5.95 Å². The number of aromatic amines is 1. The van der Waals surface area contributed by atoms with Gasteiger partial charge in [0.2, 0.25) is 27.7 Å². The number of ether oxygens (including phenoxy) is 4. The number of carboxylic acids is 1. The van der Waals surface area contributed by atoms with Gasteiger partial charge >= 0.3 is 23.9 Å². The molecule has 3 heterocycles. The molecular formula is C62H96N14O18S2. The molecule has 1 aliphatic rings. The zero-order chi connectivity index (χ0) is 71.2. The number of aromatic nitrogens is 4. The Kier molecular flexibility index (Phi) is 29.5. The second-order valence-corrected chi connectivity index (χ2v) is 29.4. The van der Waals surface area contributed by atoms with Crippen LogP contribution in [0.4, 0.5) is 5.95 Å². The first-order valence-corrected chi connectivity index (χ1v) is 34.7. The molecule has 34 heteroatoms.